The van der Waals surface area contributed by atoms with Crippen molar-refractivity contribution in [2.24, 2.45) is 0 Å². The second-order valence-electron chi connectivity index (χ2n) is 2.43. The number of rotatable bonds is 3. The van der Waals surface area contributed by atoms with Gasteiger partial charge in [0.15, 0.2) is 0 Å². The normalized spacial score (nSPS) is 12.9. The van der Waals surface area contributed by atoms with Gasteiger partial charge in [0.25, 0.3) is 0 Å². The first-order chi connectivity index (χ1) is 5.34. The molecule has 0 aromatic heterocycles. The van der Waals surface area contributed by atoms with E-state index < -0.39 is 6.10 Å². The number of aliphatic hydroxyl groups excluding tert-OH is 1. The average Bonchev–Trinajstić information content (AvgIpc) is 2.07. The van der Waals surface area contributed by atoms with Crippen molar-refractivity contribution in [1.29, 1.82) is 0 Å². The molecule has 0 amide bonds. The van der Waals surface area contributed by atoms with Gasteiger partial charge < -0.3 is 10.4 Å². The lowest BCUT2D eigenvalue weighted by atomic mass is 10.1. The summed E-state index contributed by atoms with van der Waals surface area (Å²) in [6.07, 6.45) is -0.443. The van der Waals surface area contributed by atoms with Crippen molar-refractivity contribution in [3.63, 3.8) is 0 Å². The molecule has 1 N–H and O–H groups in total. The van der Waals surface area contributed by atoms with Gasteiger partial charge in [-0.1, -0.05) is 30.3 Å². The maximum Gasteiger partial charge on any atom is 0.0603 e. The van der Waals surface area contributed by atoms with Crippen molar-refractivity contribution in [2.45, 2.75) is 6.10 Å². The number of likely N-dealkylation sites (N-methyl/N-ethyl adjacent to an activating group) is 1. The predicted octanol–water partition coefficient (Wildman–Crippen LogP) is 1.72. The second kappa shape index (κ2) is 4.11. The molecule has 0 heterocycles. The molecule has 0 saturated heterocycles. The summed E-state index contributed by atoms with van der Waals surface area (Å²) in [5.74, 6) is 0. The first-order valence-corrected chi connectivity index (χ1v) is 3.63. The van der Waals surface area contributed by atoms with E-state index in [2.05, 4.69) is 5.32 Å². The summed E-state index contributed by atoms with van der Waals surface area (Å²) in [5.41, 5.74) is 0.929. The van der Waals surface area contributed by atoms with Crippen LogP contribution in [0.2, 0.25) is 0 Å². The molecule has 0 aliphatic rings. The molecule has 1 aromatic rings. The van der Waals surface area contributed by atoms with E-state index in [0.717, 1.165) is 5.56 Å². The zero-order valence-corrected chi connectivity index (χ0v) is 6.57. The molecule has 0 radical (unpaired) electrons. The maximum absolute atomic E-state index is 9.43. The van der Waals surface area contributed by atoms with Crippen molar-refractivity contribution in [3.8, 4) is 0 Å². The van der Waals surface area contributed by atoms with E-state index in [1.807, 2.05) is 30.3 Å². The molecular weight excluding hydrogens is 138 g/mol. The molecule has 0 aliphatic carbocycles. The van der Waals surface area contributed by atoms with E-state index in [4.69, 9.17) is 0 Å². The van der Waals surface area contributed by atoms with E-state index in [-0.39, 0.29) is 0 Å². The minimum absolute atomic E-state index is 0.443. The molecule has 0 fully saturated rings. The minimum atomic E-state index is -0.443. The third kappa shape index (κ3) is 2.33. The molecule has 1 rings (SSSR count). The highest BCUT2D eigenvalue weighted by atomic mass is 16.3. The van der Waals surface area contributed by atoms with Crippen LogP contribution in [0.15, 0.2) is 30.3 Å². The maximum atomic E-state index is 9.43. The van der Waals surface area contributed by atoms with Gasteiger partial charge in [0.1, 0.15) is 0 Å². The Bertz CT molecular complexity index is 198. The summed E-state index contributed by atoms with van der Waals surface area (Å²) in [6, 6.07) is 9.55. The van der Waals surface area contributed by atoms with Gasteiger partial charge in [-0.3, -0.25) is 0 Å². The highest BCUT2D eigenvalue weighted by Crippen LogP contribution is 2.12. The van der Waals surface area contributed by atoms with Crippen LogP contribution < -0.4 is 0 Å². The standard InChI is InChI=1S/C9H12NO/c1-10-7-9(11)8-5-3-2-4-6-8/h2-6,9,11H,7H2,1H3/q-1. The summed E-state index contributed by atoms with van der Waals surface area (Å²) < 4.78 is 0. The van der Waals surface area contributed by atoms with Gasteiger partial charge in [-0.05, 0) is 5.56 Å². The Balaban J connectivity index is 2.61. The van der Waals surface area contributed by atoms with Gasteiger partial charge in [-0.25, -0.2) is 0 Å². The summed E-state index contributed by atoms with van der Waals surface area (Å²) in [5, 5.41) is 13.3. The van der Waals surface area contributed by atoms with Crippen molar-refractivity contribution in [3.05, 3.63) is 41.2 Å². The Hall–Kier alpha value is -0.860. The van der Waals surface area contributed by atoms with E-state index in [9.17, 15) is 5.11 Å². The minimum Gasteiger partial charge on any atom is -0.663 e. The van der Waals surface area contributed by atoms with Crippen LogP contribution in [0, 0.1) is 0 Å². The Labute approximate surface area is 66.9 Å². The fourth-order valence-corrected chi connectivity index (χ4v) is 0.954. The molecule has 11 heavy (non-hydrogen) atoms. The molecule has 2 nitrogen and oxygen atoms in total. The van der Waals surface area contributed by atoms with Gasteiger partial charge in [0.2, 0.25) is 0 Å². The monoisotopic (exact) mass is 150 g/mol. The van der Waals surface area contributed by atoms with Crippen molar-refractivity contribution in [1.82, 2.24) is 0 Å². The van der Waals surface area contributed by atoms with Crippen LogP contribution in [-0.2, 0) is 0 Å². The smallest absolute Gasteiger partial charge is 0.0603 e. The van der Waals surface area contributed by atoms with Gasteiger partial charge in [-0.2, -0.15) is 7.05 Å². The SMILES string of the molecule is C[N-]CC(O)c1ccccc1. The van der Waals surface area contributed by atoms with Crippen molar-refractivity contribution in [2.75, 3.05) is 13.6 Å². The van der Waals surface area contributed by atoms with Crippen LogP contribution in [0.25, 0.3) is 5.32 Å². The topological polar surface area (TPSA) is 34.3 Å². The molecule has 0 bridgehead atoms. The Morgan fingerprint density at radius 1 is 1.36 bits per heavy atom. The largest absolute Gasteiger partial charge is 0.663 e. The first kappa shape index (κ1) is 8.24. The zero-order valence-electron chi connectivity index (χ0n) is 6.57. The lowest BCUT2D eigenvalue weighted by molar-refractivity contribution is 0.193. The van der Waals surface area contributed by atoms with Crippen LogP contribution in [0.4, 0.5) is 0 Å². The van der Waals surface area contributed by atoms with Crippen molar-refractivity contribution < 1.29 is 5.11 Å². The van der Waals surface area contributed by atoms with E-state index in [1.54, 1.807) is 7.05 Å². The van der Waals surface area contributed by atoms with Gasteiger partial charge in [-0.15, -0.1) is 6.54 Å². The van der Waals surface area contributed by atoms with Crippen LogP contribution in [-0.4, -0.2) is 18.7 Å². The number of hydrogen-bond acceptors (Lipinski definition) is 1. The Morgan fingerprint density at radius 3 is 2.55 bits per heavy atom. The van der Waals surface area contributed by atoms with Gasteiger partial charge in [0.05, 0.1) is 6.10 Å². The molecule has 1 aromatic carbocycles. The number of aliphatic hydroxyl groups is 1. The molecule has 0 saturated carbocycles. The summed E-state index contributed by atoms with van der Waals surface area (Å²) in [7, 11) is 1.70. The second-order valence-corrected chi connectivity index (χ2v) is 2.43. The third-order valence-electron chi connectivity index (χ3n) is 1.54. The highest BCUT2D eigenvalue weighted by molar-refractivity contribution is 5.18. The van der Waals surface area contributed by atoms with Crippen molar-refractivity contribution >= 4 is 0 Å². The van der Waals surface area contributed by atoms with E-state index in [0.29, 0.717) is 6.54 Å². The number of hydrogen-bond donors (Lipinski definition) is 1. The number of nitrogens with zero attached hydrogens (tertiary/aromatic N) is 1. The zero-order chi connectivity index (χ0) is 8.10. The first-order valence-electron chi connectivity index (χ1n) is 3.63. The van der Waals surface area contributed by atoms with Crippen LogP contribution in [0.5, 0.6) is 0 Å². The molecule has 1 atom stereocenters. The van der Waals surface area contributed by atoms with Gasteiger partial charge in [0, 0.05) is 0 Å². The summed E-state index contributed by atoms with van der Waals surface area (Å²) in [4.78, 5) is 0. The third-order valence-corrected chi connectivity index (χ3v) is 1.54. The fourth-order valence-electron chi connectivity index (χ4n) is 0.954. The molecule has 60 valence electrons. The average molecular weight is 150 g/mol. The lowest BCUT2D eigenvalue weighted by Crippen LogP contribution is -2.00. The molecule has 0 aliphatic heterocycles. The summed E-state index contributed by atoms with van der Waals surface area (Å²) >= 11 is 0. The summed E-state index contributed by atoms with van der Waals surface area (Å²) in [6.45, 7) is 0.476. The highest BCUT2D eigenvalue weighted by Gasteiger charge is 1.98. The predicted molar refractivity (Wildman–Crippen MR) is 45.6 cm³/mol. The molecule has 2 heteroatoms. The molecular formula is C9H12NO-. The van der Waals surface area contributed by atoms with E-state index in [1.165, 1.54) is 0 Å². The van der Waals surface area contributed by atoms with Crippen LogP contribution >= 0.6 is 0 Å². The molecule has 0 spiro atoms. The quantitative estimate of drug-likeness (QED) is 0.699. The Kier molecular flexibility index (Phi) is 3.08. The Morgan fingerprint density at radius 2 is 2.00 bits per heavy atom. The van der Waals surface area contributed by atoms with Crippen LogP contribution in [0.1, 0.15) is 11.7 Å². The fraction of sp³-hybridized carbons (Fsp3) is 0.333. The van der Waals surface area contributed by atoms with E-state index >= 15 is 0 Å². The van der Waals surface area contributed by atoms with Crippen LogP contribution in [0.3, 0.4) is 0 Å². The van der Waals surface area contributed by atoms with Gasteiger partial charge >= 0.3 is 0 Å². The molecule has 1 unspecified atom stereocenters. The lowest BCUT2D eigenvalue weighted by Gasteiger charge is -2.17. The number of benzene rings is 1.